The number of para-hydroxylation sites is 1. The molecule has 1 rings (SSSR count). The van der Waals surface area contributed by atoms with Gasteiger partial charge in [0.15, 0.2) is 0 Å². The minimum Gasteiger partial charge on any atom is -1.00 e. The molecule has 72 valence electrons. The van der Waals surface area contributed by atoms with Gasteiger partial charge in [0, 0.05) is 0 Å². The molecule has 0 saturated carbocycles. The molecule has 8 heteroatoms. The van der Waals surface area contributed by atoms with Gasteiger partial charge in [-0.15, -0.1) is 0 Å². The summed E-state index contributed by atoms with van der Waals surface area (Å²) in [6.45, 7) is 0. The summed E-state index contributed by atoms with van der Waals surface area (Å²) in [6, 6.07) is 7.93. The van der Waals surface area contributed by atoms with Crippen LogP contribution in [0.1, 0.15) is 8.56 Å². The fraction of sp³-hybridized carbons (Fsp3) is 0. The number of rotatable bonds is 2. The van der Waals surface area contributed by atoms with E-state index in [9.17, 15) is 4.57 Å². The number of phosphoric ester groups is 1. The Balaban J connectivity index is -0.0000000192. The summed E-state index contributed by atoms with van der Waals surface area (Å²) >= 11 is 0. The molecule has 14 heavy (non-hydrogen) atoms. The standard InChI is InChI=1S/C6H7O4P.3Mg.6H/c7-11(8,9)10-6-4-2-1-3-5-6;;;;;;;;;/h1-5H,(H2,7,8,9);;;;;;;;;/q;3*+2;6*-1. The van der Waals surface area contributed by atoms with Crippen LogP contribution in [0.5, 0.6) is 5.75 Å². The maximum atomic E-state index is 10.3. The van der Waals surface area contributed by atoms with E-state index in [0.717, 1.165) is 0 Å². The van der Waals surface area contributed by atoms with E-state index in [1.54, 1.807) is 18.2 Å². The molecule has 0 unspecified atom stereocenters. The van der Waals surface area contributed by atoms with Gasteiger partial charge in [-0.2, -0.15) is 0 Å². The van der Waals surface area contributed by atoms with Gasteiger partial charge in [0.2, 0.25) is 0 Å². The molecule has 0 aliphatic heterocycles. The second-order valence-corrected chi connectivity index (χ2v) is 3.06. The van der Waals surface area contributed by atoms with Crippen LogP contribution >= 0.6 is 7.82 Å². The second-order valence-electron chi connectivity index (χ2n) is 1.89. The molecular weight excluding hydrogens is 240 g/mol. The molecular formula is C6H13Mg3O4P. The SMILES string of the molecule is O=P(O)(O)Oc1ccccc1.[H-].[H-].[H-].[H-].[H-].[H-].[Mg+2].[Mg+2].[Mg+2]. The molecule has 0 aliphatic rings. The molecule has 0 aliphatic carbocycles. The Morgan fingerprint density at radius 3 is 1.86 bits per heavy atom. The topological polar surface area (TPSA) is 66.8 Å². The Morgan fingerprint density at radius 2 is 1.50 bits per heavy atom. The first-order valence-corrected chi connectivity index (χ1v) is 4.41. The van der Waals surface area contributed by atoms with Crippen LogP contribution in [0.15, 0.2) is 30.3 Å². The van der Waals surface area contributed by atoms with E-state index < -0.39 is 7.82 Å². The van der Waals surface area contributed by atoms with E-state index in [0.29, 0.717) is 0 Å². The molecule has 0 bridgehead atoms. The number of benzene rings is 1. The van der Waals surface area contributed by atoms with Crippen LogP contribution < -0.4 is 4.52 Å². The quantitative estimate of drug-likeness (QED) is 0.601. The van der Waals surface area contributed by atoms with E-state index in [-0.39, 0.29) is 83.5 Å². The Kier molecular flexibility index (Phi) is 14.4. The Labute approximate surface area is 139 Å². The van der Waals surface area contributed by atoms with Crippen LogP contribution in [0.3, 0.4) is 0 Å². The maximum Gasteiger partial charge on any atom is 2.00 e. The molecule has 0 saturated heterocycles. The molecule has 2 N–H and O–H groups in total. The predicted molar refractivity (Wildman–Crippen MR) is 63.0 cm³/mol. The molecule has 1 aromatic rings. The summed E-state index contributed by atoms with van der Waals surface area (Å²) in [5, 5.41) is 0. The largest absolute Gasteiger partial charge is 2.00 e. The molecule has 0 spiro atoms. The Morgan fingerprint density at radius 1 is 1.07 bits per heavy atom. The number of phosphoric acid groups is 1. The summed E-state index contributed by atoms with van der Waals surface area (Å²) < 4.78 is 14.5. The van der Waals surface area contributed by atoms with E-state index >= 15 is 0 Å². The molecule has 0 heterocycles. The van der Waals surface area contributed by atoms with Gasteiger partial charge in [0.25, 0.3) is 0 Å². The molecule has 0 fully saturated rings. The number of hydrogen-bond donors (Lipinski definition) is 2. The van der Waals surface area contributed by atoms with E-state index in [1.807, 2.05) is 0 Å². The minimum absolute atomic E-state index is 0. The monoisotopic (exact) mass is 252 g/mol. The van der Waals surface area contributed by atoms with Crippen molar-refractivity contribution in [2.45, 2.75) is 0 Å². The van der Waals surface area contributed by atoms with Crippen LogP contribution in [-0.4, -0.2) is 78.9 Å². The van der Waals surface area contributed by atoms with Crippen LogP contribution in [0.4, 0.5) is 0 Å². The Hall–Kier alpha value is 1.47. The molecule has 0 amide bonds. The van der Waals surface area contributed by atoms with E-state index in [4.69, 9.17) is 9.79 Å². The summed E-state index contributed by atoms with van der Waals surface area (Å²) in [7, 11) is -4.39. The third-order valence-electron chi connectivity index (χ3n) is 0.968. The van der Waals surface area contributed by atoms with Gasteiger partial charge in [-0.05, 0) is 12.1 Å². The zero-order valence-electron chi connectivity index (χ0n) is 13.7. The van der Waals surface area contributed by atoms with Gasteiger partial charge < -0.3 is 13.1 Å². The second kappa shape index (κ2) is 9.68. The zero-order chi connectivity index (χ0) is 8.32. The zero-order valence-corrected chi connectivity index (χ0v) is 12.8. The fourth-order valence-corrected chi connectivity index (χ4v) is 1.02. The fourth-order valence-electron chi connectivity index (χ4n) is 0.619. The maximum absolute atomic E-state index is 10.3. The van der Waals surface area contributed by atoms with Crippen molar-refractivity contribution in [3.05, 3.63) is 30.3 Å². The van der Waals surface area contributed by atoms with Gasteiger partial charge >= 0.3 is 77.0 Å². The predicted octanol–water partition coefficient (Wildman–Crippen LogP) is 0.691. The summed E-state index contributed by atoms with van der Waals surface area (Å²) in [6.07, 6.45) is 0. The first kappa shape index (κ1) is 20.8. The third-order valence-corrected chi connectivity index (χ3v) is 1.42. The van der Waals surface area contributed by atoms with Crippen LogP contribution in [-0.2, 0) is 4.57 Å². The van der Waals surface area contributed by atoms with Gasteiger partial charge in [0.1, 0.15) is 5.75 Å². The van der Waals surface area contributed by atoms with Crippen molar-refractivity contribution in [3.63, 3.8) is 0 Å². The van der Waals surface area contributed by atoms with Crippen molar-refractivity contribution in [1.82, 2.24) is 0 Å². The van der Waals surface area contributed by atoms with Gasteiger partial charge in [-0.25, -0.2) is 4.57 Å². The van der Waals surface area contributed by atoms with Gasteiger partial charge in [0.05, 0.1) is 0 Å². The molecule has 0 atom stereocenters. The minimum atomic E-state index is -4.39. The normalized spacial score (nSPS) is 8.71. The van der Waals surface area contributed by atoms with Crippen molar-refractivity contribution < 1.29 is 27.4 Å². The van der Waals surface area contributed by atoms with Gasteiger partial charge in [-0.3, -0.25) is 9.79 Å². The van der Waals surface area contributed by atoms with Crippen molar-refractivity contribution in [3.8, 4) is 5.75 Å². The first-order chi connectivity index (χ1) is 5.08. The first-order valence-electron chi connectivity index (χ1n) is 2.88. The molecule has 0 radical (unpaired) electrons. The van der Waals surface area contributed by atoms with Crippen molar-refractivity contribution in [1.29, 1.82) is 0 Å². The van der Waals surface area contributed by atoms with Crippen molar-refractivity contribution in [2.24, 2.45) is 0 Å². The van der Waals surface area contributed by atoms with Crippen LogP contribution in [0.2, 0.25) is 0 Å². The average Bonchev–Trinajstić information content (AvgIpc) is 1.85. The number of hydrogen-bond acceptors (Lipinski definition) is 2. The van der Waals surface area contributed by atoms with Crippen molar-refractivity contribution >= 4 is 77.0 Å². The molecule has 4 nitrogen and oxygen atoms in total. The average molecular weight is 253 g/mol. The summed E-state index contributed by atoms with van der Waals surface area (Å²) in [5.41, 5.74) is 0. The smallest absolute Gasteiger partial charge is 1.00 e. The van der Waals surface area contributed by atoms with Crippen molar-refractivity contribution in [2.75, 3.05) is 0 Å². The summed E-state index contributed by atoms with van der Waals surface area (Å²) in [5.74, 6) is 0.167. The summed E-state index contributed by atoms with van der Waals surface area (Å²) in [4.78, 5) is 16.7. The van der Waals surface area contributed by atoms with E-state index in [1.165, 1.54) is 12.1 Å². The van der Waals surface area contributed by atoms with Gasteiger partial charge in [-0.1, -0.05) is 18.2 Å². The van der Waals surface area contributed by atoms with E-state index in [2.05, 4.69) is 4.52 Å². The van der Waals surface area contributed by atoms with Crippen LogP contribution in [0.25, 0.3) is 0 Å². The molecule has 1 aromatic carbocycles. The third kappa shape index (κ3) is 10.0. The Bertz CT molecular complexity index is 293. The van der Waals surface area contributed by atoms with Crippen LogP contribution in [0, 0.1) is 0 Å². The molecule has 0 aromatic heterocycles.